The summed E-state index contributed by atoms with van der Waals surface area (Å²) in [5.41, 5.74) is 3.43. The number of rotatable bonds is 5. The van der Waals surface area contributed by atoms with E-state index in [0.717, 1.165) is 29.9 Å². The normalized spacial score (nSPS) is 18.8. The minimum Gasteiger partial charge on any atom is -0.504 e. The van der Waals surface area contributed by atoms with Gasteiger partial charge in [0.05, 0.1) is 14.2 Å². The van der Waals surface area contributed by atoms with Crippen molar-refractivity contribution in [2.24, 2.45) is 0 Å². The Labute approximate surface area is 143 Å². The zero-order chi connectivity index (χ0) is 17.3. The van der Waals surface area contributed by atoms with E-state index >= 15 is 0 Å². The maximum absolute atomic E-state index is 9.81. The first-order valence-corrected chi connectivity index (χ1v) is 8.33. The number of aryl methyl sites for hydroxylation is 1. The molecule has 0 radical (unpaired) electrons. The highest BCUT2D eigenvalue weighted by Gasteiger charge is 2.35. The van der Waals surface area contributed by atoms with Gasteiger partial charge in [0.15, 0.2) is 23.0 Å². The molecule has 128 valence electrons. The van der Waals surface area contributed by atoms with Gasteiger partial charge in [-0.2, -0.15) is 0 Å². The summed E-state index contributed by atoms with van der Waals surface area (Å²) in [6.45, 7) is 4.33. The smallest absolute Gasteiger partial charge is 0.165 e. The Balaban J connectivity index is 1.99. The Morgan fingerprint density at radius 3 is 2.50 bits per heavy atom. The molecular formula is C20H24O4. The number of methoxy groups -OCH3 is 2. The van der Waals surface area contributed by atoms with Gasteiger partial charge in [0.2, 0.25) is 0 Å². The van der Waals surface area contributed by atoms with Crippen LogP contribution in [-0.4, -0.2) is 19.3 Å². The molecule has 2 aromatic rings. The summed E-state index contributed by atoms with van der Waals surface area (Å²) in [6.07, 6.45) is 1.99. The van der Waals surface area contributed by atoms with Crippen LogP contribution in [0.15, 0.2) is 30.3 Å². The van der Waals surface area contributed by atoms with E-state index in [1.54, 1.807) is 20.3 Å². The highest BCUT2D eigenvalue weighted by Crippen LogP contribution is 2.51. The van der Waals surface area contributed by atoms with Gasteiger partial charge in [-0.3, -0.25) is 0 Å². The van der Waals surface area contributed by atoms with Crippen LogP contribution >= 0.6 is 0 Å². The lowest BCUT2D eigenvalue weighted by molar-refractivity contribution is 0.207. The molecule has 0 saturated carbocycles. The Kier molecular flexibility index (Phi) is 4.56. The first-order valence-electron chi connectivity index (χ1n) is 8.33. The third-order valence-electron chi connectivity index (χ3n) is 4.62. The average molecular weight is 328 g/mol. The standard InChI is InChI=1S/C20H24O4/c1-5-6-13-9-15-12(2)19(24-20(15)18(10-13)23-4)14-7-8-16(21)17(11-14)22-3/h7-12,19,21H,5-6H2,1-4H3/t12-,19+/m1/s1. The average Bonchev–Trinajstić information content (AvgIpc) is 2.92. The van der Waals surface area contributed by atoms with Crippen LogP contribution in [0, 0.1) is 0 Å². The van der Waals surface area contributed by atoms with Gasteiger partial charge in [0.25, 0.3) is 0 Å². The largest absolute Gasteiger partial charge is 0.504 e. The summed E-state index contributed by atoms with van der Waals surface area (Å²) in [6, 6.07) is 9.65. The predicted octanol–water partition coefficient (Wildman–Crippen LogP) is 4.60. The lowest BCUT2D eigenvalue weighted by Gasteiger charge is -2.17. The van der Waals surface area contributed by atoms with E-state index in [9.17, 15) is 5.11 Å². The number of hydrogen-bond acceptors (Lipinski definition) is 4. The molecule has 4 nitrogen and oxygen atoms in total. The van der Waals surface area contributed by atoms with Crippen molar-refractivity contribution < 1.29 is 19.3 Å². The summed E-state index contributed by atoms with van der Waals surface area (Å²) >= 11 is 0. The van der Waals surface area contributed by atoms with Crippen molar-refractivity contribution in [2.75, 3.05) is 14.2 Å². The molecule has 0 bridgehead atoms. The number of ether oxygens (including phenoxy) is 3. The van der Waals surface area contributed by atoms with E-state index in [1.807, 2.05) is 12.1 Å². The minimum absolute atomic E-state index is 0.125. The quantitative estimate of drug-likeness (QED) is 0.871. The van der Waals surface area contributed by atoms with Gasteiger partial charge in [-0.25, -0.2) is 0 Å². The van der Waals surface area contributed by atoms with Gasteiger partial charge >= 0.3 is 0 Å². The Morgan fingerprint density at radius 2 is 1.83 bits per heavy atom. The Bertz CT molecular complexity index is 739. The summed E-state index contributed by atoms with van der Waals surface area (Å²) in [5, 5.41) is 9.81. The van der Waals surface area contributed by atoms with Crippen LogP contribution in [0.2, 0.25) is 0 Å². The minimum atomic E-state index is -0.125. The summed E-state index contributed by atoms with van der Waals surface area (Å²) < 4.78 is 17.0. The van der Waals surface area contributed by atoms with Gasteiger partial charge in [-0.05, 0) is 35.7 Å². The fourth-order valence-electron chi connectivity index (χ4n) is 3.35. The van der Waals surface area contributed by atoms with E-state index in [0.29, 0.717) is 5.75 Å². The first kappa shape index (κ1) is 16.5. The molecule has 2 atom stereocenters. The van der Waals surface area contributed by atoms with Crippen LogP contribution < -0.4 is 14.2 Å². The molecule has 1 N–H and O–H groups in total. The molecular weight excluding hydrogens is 304 g/mol. The Hall–Kier alpha value is -2.36. The summed E-state index contributed by atoms with van der Waals surface area (Å²) in [7, 11) is 3.23. The molecule has 0 fully saturated rings. The highest BCUT2D eigenvalue weighted by molar-refractivity contribution is 5.55. The fraction of sp³-hybridized carbons (Fsp3) is 0.400. The van der Waals surface area contributed by atoms with E-state index in [4.69, 9.17) is 14.2 Å². The number of phenols is 1. The second-order valence-electron chi connectivity index (χ2n) is 6.22. The zero-order valence-electron chi connectivity index (χ0n) is 14.6. The molecule has 2 aromatic carbocycles. The van der Waals surface area contributed by atoms with Gasteiger partial charge < -0.3 is 19.3 Å². The van der Waals surface area contributed by atoms with Crippen molar-refractivity contribution in [1.82, 2.24) is 0 Å². The van der Waals surface area contributed by atoms with Crippen LogP contribution in [0.1, 0.15) is 49.0 Å². The fourth-order valence-corrected chi connectivity index (χ4v) is 3.35. The van der Waals surface area contributed by atoms with Crippen LogP contribution in [0.25, 0.3) is 0 Å². The molecule has 0 aliphatic carbocycles. The van der Waals surface area contributed by atoms with Crippen molar-refractivity contribution in [3.8, 4) is 23.0 Å². The van der Waals surface area contributed by atoms with Crippen molar-refractivity contribution in [3.63, 3.8) is 0 Å². The third kappa shape index (κ3) is 2.77. The molecule has 0 amide bonds. The van der Waals surface area contributed by atoms with Crippen molar-refractivity contribution in [2.45, 2.75) is 38.7 Å². The Morgan fingerprint density at radius 1 is 1.08 bits per heavy atom. The molecule has 1 aliphatic heterocycles. The van der Waals surface area contributed by atoms with Crippen LogP contribution in [0.3, 0.4) is 0 Å². The molecule has 0 unspecified atom stereocenters. The second-order valence-corrected chi connectivity index (χ2v) is 6.22. The molecule has 1 aliphatic rings. The molecule has 0 spiro atoms. The highest BCUT2D eigenvalue weighted by atomic mass is 16.5. The summed E-state index contributed by atoms with van der Waals surface area (Å²) in [5.74, 6) is 2.39. The third-order valence-corrected chi connectivity index (χ3v) is 4.62. The van der Waals surface area contributed by atoms with Crippen LogP contribution in [-0.2, 0) is 6.42 Å². The number of phenolic OH excluding ortho intramolecular Hbond substituents is 1. The first-order chi connectivity index (χ1) is 11.6. The predicted molar refractivity (Wildman–Crippen MR) is 93.4 cm³/mol. The van der Waals surface area contributed by atoms with Crippen LogP contribution in [0.5, 0.6) is 23.0 Å². The molecule has 4 heteroatoms. The maximum Gasteiger partial charge on any atom is 0.165 e. The van der Waals surface area contributed by atoms with E-state index in [1.165, 1.54) is 11.1 Å². The van der Waals surface area contributed by atoms with Crippen molar-refractivity contribution in [3.05, 3.63) is 47.0 Å². The van der Waals surface area contributed by atoms with E-state index in [2.05, 4.69) is 26.0 Å². The van der Waals surface area contributed by atoms with Crippen molar-refractivity contribution >= 4 is 0 Å². The van der Waals surface area contributed by atoms with Crippen LogP contribution in [0.4, 0.5) is 0 Å². The topological polar surface area (TPSA) is 47.9 Å². The number of aromatic hydroxyl groups is 1. The molecule has 0 saturated heterocycles. The SMILES string of the molecule is CCCc1cc(OC)c2c(c1)[C@@H](C)[C@@H](c1ccc(O)c(OC)c1)O2. The van der Waals surface area contributed by atoms with E-state index < -0.39 is 0 Å². The molecule has 0 aromatic heterocycles. The maximum atomic E-state index is 9.81. The van der Waals surface area contributed by atoms with E-state index in [-0.39, 0.29) is 17.8 Å². The second kappa shape index (κ2) is 6.63. The van der Waals surface area contributed by atoms with Gasteiger partial charge in [-0.1, -0.05) is 32.4 Å². The zero-order valence-corrected chi connectivity index (χ0v) is 14.6. The molecule has 1 heterocycles. The van der Waals surface area contributed by atoms with Gasteiger partial charge in [0, 0.05) is 11.5 Å². The molecule has 24 heavy (non-hydrogen) atoms. The number of hydrogen-bond donors (Lipinski definition) is 1. The van der Waals surface area contributed by atoms with Gasteiger partial charge in [-0.15, -0.1) is 0 Å². The van der Waals surface area contributed by atoms with Gasteiger partial charge in [0.1, 0.15) is 6.10 Å². The number of benzene rings is 2. The lowest BCUT2D eigenvalue weighted by Crippen LogP contribution is -2.07. The monoisotopic (exact) mass is 328 g/mol. The lowest BCUT2D eigenvalue weighted by atomic mass is 9.91. The number of fused-ring (bicyclic) bond motifs is 1. The molecule has 3 rings (SSSR count). The van der Waals surface area contributed by atoms with Crippen molar-refractivity contribution in [1.29, 1.82) is 0 Å². The summed E-state index contributed by atoms with van der Waals surface area (Å²) in [4.78, 5) is 0.